The van der Waals surface area contributed by atoms with Crippen molar-refractivity contribution >= 4 is 24.6 Å². The first-order valence-corrected chi connectivity index (χ1v) is 4.19. The summed E-state index contributed by atoms with van der Waals surface area (Å²) in [6.45, 7) is 0.532. The minimum atomic E-state index is 0.515. The summed E-state index contributed by atoms with van der Waals surface area (Å²) < 4.78 is 0. The van der Waals surface area contributed by atoms with Crippen molar-refractivity contribution in [3.05, 3.63) is 29.5 Å². The topological polar surface area (TPSA) is 50.3 Å². The largest absolute Gasteiger partial charge is 0.298 e. The average molecular weight is 188 g/mol. The number of carbonyl (C=O) groups excluding carboxylic acids is 2. The molecule has 0 unspecified atom stereocenters. The van der Waals surface area contributed by atoms with Gasteiger partial charge in [-0.05, 0) is 6.07 Å². The summed E-state index contributed by atoms with van der Waals surface area (Å²) in [6.07, 6.45) is 6.64. The molecule has 1 aromatic rings. The van der Waals surface area contributed by atoms with Crippen LogP contribution in [-0.4, -0.2) is 24.2 Å². The van der Waals surface area contributed by atoms with Gasteiger partial charge in [0.25, 0.3) is 0 Å². The average Bonchev–Trinajstić information content (AvgIpc) is 2.27. The highest BCUT2D eigenvalue weighted by atomic mass is 16.1. The normalized spacial score (nSPS) is 13.6. The maximum Gasteiger partial charge on any atom is 0.215 e. The Labute approximate surface area is 80.9 Å². The van der Waals surface area contributed by atoms with Crippen LogP contribution in [0.5, 0.6) is 0 Å². The third-order valence-corrected chi connectivity index (χ3v) is 2.05. The molecule has 0 radical (unpaired) electrons. The number of hydrogen-bond donors (Lipinski definition) is 0. The van der Waals surface area contributed by atoms with E-state index in [4.69, 9.17) is 0 Å². The lowest BCUT2D eigenvalue weighted by Crippen LogP contribution is -2.25. The SMILES string of the molecule is O=Cc1cnc2c(c1)C=CCN2C=O. The molecule has 1 aliphatic heterocycles. The second kappa shape index (κ2) is 3.41. The third kappa shape index (κ3) is 1.31. The first kappa shape index (κ1) is 8.62. The summed E-state index contributed by atoms with van der Waals surface area (Å²) in [5.74, 6) is 0.605. The van der Waals surface area contributed by atoms with Crippen molar-refractivity contribution in [3.8, 4) is 0 Å². The van der Waals surface area contributed by atoms with Crippen LogP contribution in [0.15, 0.2) is 18.3 Å². The molecule has 4 nitrogen and oxygen atoms in total. The molecule has 0 N–H and O–H groups in total. The van der Waals surface area contributed by atoms with Gasteiger partial charge in [0, 0.05) is 23.9 Å². The van der Waals surface area contributed by atoms with Gasteiger partial charge in [-0.1, -0.05) is 12.2 Å². The van der Waals surface area contributed by atoms with Gasteiger partial charge in [0.1, 0.15) is 5.82 Å². The van der Waals surface area contributed by atoms with E-state index in [1.807, 2.05) is 12.2 Å². The van der Waals surface area contributed by atoms with Crippen LogP contribution in [0, 0.1) is 0 Å². The number of hydrogen-bond acceptors (Lipinski definition) is 3. The molecule has 4 heteroatoms. The lowest BCUT2D eigenvalue weighted by molar-refractivity contribution is -0.107. The number of carbonyl (C=O) groups is 2. The fraction of sp³-hybridized carbons (Fsp3) is 0.100. The lowest BCUT2D eigenvalue weighted by Gasteiger charge is -2.20. The third-order valence-electron chi connectivity index (χ3n) is 2.05. The summed E-state index contributed by atoms with van der Waals surface area (Å²) in [7, 11) is 0. The molecule has 1 aliphatic rings. The minimum Gasteiger partial charge on any atom is -0.298 e. The molecule has 1 amide bonds. The van der Waals surface area contributed by atoms with E-state index in [0.717, 1.165) is 18.3 Å². The van der Waals surface area contributed by atoms with E-state index in [0.29, 0.717) is 17.9 Å². The van der Waals surface area contributed by atoms with Crippen molar-refractivity contribution in [2.75, 3.05) is 11.4 Å². The number of aldehydes is 1. The molecular formula is C10H8N2O2. The molecule has 14 heavy (non-hydrogen) atoms. The van der Waals surface area contributed by atoms with Gasteiger partial charge in [-0.2, -0.15) is 0 Å². The van der Waals surface area contributed by atoms with Gasteiger partial charge >= 0.3 is 0 Å². The summed E-state index contributed by atoms with van der Waals surface area (Å²) in [6, 6.07) is 1.71. The fourth-order valence-corrected chi connectivity index (χ4v) is 1.39. The van der Waals surface area contributed by atoms with Crippen molar-refractivity contribution in [2.24, 2.45) is 0 Å². The van der Waals surface area contributed by atoms with Crippen LogP contribution < -0.4 is 4.90 Å². The van der Waals surface area contributed by atoms with E-state index in [-0.39, 0.29) is 0 Å². The number of fused-ring (bicyclic) bond motifs is 1. The quantitative estimate of drug-likeness (QED) is 0.647. The smallest absolute Gasteiger partial charge is 0.215 e. The Morgan fingerprint density at radius 2 is 2.29 bits per heavy atom. The Kier molecular flexibility index (Phi) is 2.10. The molecule has 0 aromatic carbocycles. The Morgan fingerprint density at radius 3 is 3.00 bits per heavy atom. The molecule has 70 valence electrons. The minimum absolute atomic E-state index is 0.515. The molecule has 2 heterocycles. The number of pyridine rings is 1. The highest BCUT2D eigenvalue weighted by Gasteiger charge is 2.13. The zero-order valence-corrected chi connectivity index (χ0v) is 7.38. The van der Waals surface area contributed by atoms with Crippen LogP contribution in [0.3, 0.4) is 0 Å². The van der Waals surface area contributed by atoms with E-state index in [1.54, 1.807) is 6.07 Å². The van der Waals surface area contributed by atoms with Gasteiger partial charge in [0.2, 0.25) is 6.41 Å². The molecule has 0 aliphatic carbocycles. The van der Waals surface area contributed by atoms with Crippen molar-refractivity contribution in [3.63, 3.8) is 0 Å². The molecule has 0 spiro atoms. The standard InChI is InChI=1S/C10H8N2O2/c13-6-8-4-9-2-1-3-12(7-14)10(9)11-5-8/h1-2,4-7H,3H2. The Balaban J connectivity index is 2.52. The van der Waals surface area contributed by atoms with Gasteiger partial charge in [-0.3, -0.25) is 14.5 Å². The van der Waals surface area contributed by atoms with Crippen LogP contribution >= 0.6 is 0 Å². The molecule has 0 saturated carbocycles. The first-order chi connectivity index (χ1) is 6.85. The van der Waals surface area contributed by atoms with E-state index in [1.165, 1.54) is 11.1 Å². The Hall–Kier alpha value is -1.97. The van der Waals surface area contributed by atoms with Crippen molar-refractivity contribution in [1.29, 1.82) is 0 Å². The molecule has 2 rings (SSSR count). The second-order valence-electron chi connectivity index (χ2n) is 2.96. The molecular weight excluding hydrogens is 180 g/mol. The van der Waals surface area contributed by atoms with E-state index < -0.39 is 0 Å². The zero-order chi connectivity index (χ0) is 9.97. The fourth-order valence-electron chi connectivity index (χ4n) is 1.39. The van der Waals surface area contributed by atoms with Gasteiger partial charge in [0.05, 0.1) is 0 Å². The predicted molar refractivity (Wildman–Crippen MR) is 52.1 cm³/mol. The summed E-state index contributed by atoms with van der Waals surface area (Å²) in [5.41, 5.74) is 1.31. The van der Waals surface area contributed by atoms with Crippen LogP contribution in [0.25, 0.3) is 6.08 Å². The first-order valence-electron chi connectivity index (χ1n) is 4.19. The number of nitrogens with zero attached hydrogens (tertiary/aromatic N) is 2. The van der Waals surface area contributed by atoms with Crippen molar-refractivity contribution in [2.45, 2.75) is 0 Å². The van der Waals surface area contributed by atoms with Crippen LogP contribution in [-0.2, 0) is 4.79 Å². The predicted octanol–water partition coefficient (Wildman–Crippen LogP) is 0.884. The lowest BCUT2D eigenvalue weighted by atomic mass is 10.1. The molecule has 0 fully saturated rings. The van der Waals surface area contributed by atoms with E-state index in [9.17, 15) is 9.59 Å². The molecule has 0 saturated heterocycles. The van der Waals surface area contributed by atoms with Gasteiger partial charge in [0.15, 0.2) is 6.29 Å². The number of amides is 1. The van der Waals surface area contributed by atoms with Crippen molar-refractivity contribution < 1.29 is 9.59 Å². The van der Waals surface area contributed by atoms with Gasteiger partial charge in [-0.15, -0.1) is 0 Å². The maximum atomic E-state index is 10.7. The zero-order valence-electron chi connectivity index (χ0n) is 7.38. The number of anilines is 1. The second-order valence-corrected chi connectivity index (χ2v) is 2.96. The van der Waals surface area contributed by atoms with Crippen LogP contribution in [0.1, 0.15) is 15.9 Å². The van der Waals surface area contributed by atoms with Gasteiger partial charge < -0.3 is 0 Å². The van der Waals surface area contributed by atoms with Crippen molar-refractivity contribution in [1.82, 2.24) is 4.98 Å². The highest BCUT2D eigenvalue weighted by molar-refractivity contribution is 5.84. The molecule has 0 atom stereocenters. The Morgan fingerprint density at radius 1 is 1.43 bits per heavy atom. The summed E-state index contributed by atoms with van der Waals surface area (Å²) >= 11 is 0. The van der Waals surface area contributed by atoms with Crippen LogP contribution in [0.4, 0.5) is 5.82 Å². The molecule has 0 bridgehead atoms. The van der Waals surface area contributed by atoms with Gasteiger partial charge in [-0.25, -0.2) is 4.98 Å². The van der Waals surface area contributed by atoms with E-state index in [2.05, 4.69) is 4.98 Å². The van der Waals surface area contributed by atoms with Crippen LogP contribution in [0.2, 0.25) is 0 Å². The monoisotopic (exact) mass is 188 g/mol. The van der Waals surface area contributed by atoms with E-state index >= 15 is 0 Å². The highest BCUT2D eigenvalue weighted by Crippen LogP contribution is 2.22. The number of rotatable bonds is 2. The summed E-state index contributed by atoms with van der Waals surface area (Å²) in [4.78, 5) is 26.7. The Bertz CT molecular complexity index is 413. The maximum absolute atomic E-state index is 10.7. The molecule has 1 aromatic heterocycles. The number of aromatic nitrogens is 1. The summed E-state index contributed by atoms with van der Waals surface area (Å²) in [5, 5.41) is 0.